The van der Waals surface area contributed by atoms with E-state index in [-0.39, 0.29) is 6.04 Å². The Labute approximate surface area is 82.5 Å². The molecule has 13 heavy (non-hydrogen) atoms. The Balaban J connectivity index is 2.97. The van der Waals surface area contributed by atoms with Crippen LogP contribution < -0.4 is 5.73 Å². The van der Waals surface area contributed by atoms with Crippen LogP contribution in [0.3, 0.4) is 0 Å². The average Bonchev–Trinajstić information content (AvgIpc) is 2.08. The number of pyridine rings is 1. The summed E-state index contributed by atoms with van der Waals surface area (Å²) in [5, 5.41) is 10.1. The van der Waals surface area contributed by atoms with Crippen molar-refractivity contribution in [2.24, 2.45) is 5.73 Å². The van der Waals surface area contributed by atoms with E-state index in [4.69, 9.17) is 17.3 Å². The second-order valence-electron chi connectivity index (χ2n) is 3.18. The van der Waals surface area contributed by atoms with Crippen molar-refractivity contribution in [1.82, 2.24) is 4.98 Å². The SMILES string of the molecule is Cc1cc([C@@H](O)[C@H](C)N)cnc1Cl. The van der Waals surface area contributed by atoms with Crippen LogP contribution in [0.4, 0.5) is 0 Å². The molecule has 72 valence electrons. The molecule has 0 aliphatic carbocycles. The van der Waals surface area contributed by atoms with Gasteiger partial charge in [-0.15, -0.1) is 0 Å². The molecule has 0 fully saturated rings. The highest BCUT2D eigenvalue weighted by Crippen LogP contribution is 2.19. The van der Waals surface area contributed by atoms with Crippen LogP contribution in [0.1, 0.15) is 24.2 Å². The predicted octanol–water partition coefficient (Wildman–Crippen LogP) is 1.42. The van der Waals surface area contributed by atoms with Crippen LogP contribution in [0.5, 0.6) is 0 Å². The van der Waals surface area contributed by atoms with Gasteiger partial charge in [-0.05, 0) is 25.5 Å². The highest BCUT2D eigenvalue weighted by molar-refractivity contribution is 6.30. The Morgan fingerprint density at radius 1 is 1.62 bits per heavy atom. The number of aromatic nitrogens is 1. The summed E-state index contributed by atoms with van der Waals surface area (Å²) in [5.41, 5.74) is 7.10. The maximum atomic E-state index is 9.61. The second kappa shape index (κ2) is 4.05. The van der Waals surface area contributed by atoms with Crippen molar-refractivity contribution in [2.45, 2.75) is 26.0 Å². The van der Waals surface area contributed by atoms with E-state index >= 15 is 0 Å². The van der Waals surface area contributed by atoms with Crippen LogP contribution in [0.15, 0.2) is 12.3 Å². The van der Waals surface area contributed by atoms with Gasteiger partial charge in [-0.2, -0.15) is 0 Å². The fourth-order valence-corrected chi connectivity index (χ4v) is 1.15. The molecule has 0 aliphatic heterocycles. The normalized spacial score (nSPS) is 15.5. The van der Waals surface area contributed by atoms with Crippen LogP contribution in [0.25, 0.3) is 0 Å². The van der Waals surface area contributed by atoms with Gasteiger partial charge in [0, 0.05) is 17.8 Å². The Morgan fingerprint density at radius 2 is 2.23 bits per heavy atom. The van der Waals surface area contributed by atoms with Gasteiger partial charge in [-0.25, -0.2) is 4.98 Å². The summed E-state index contributed by atoms with van der Waals surface area (Å²) >= 11 is 5.74. The summed E-state index contributed by atoms with van der Waals surface area (Å²) in [4.78, 5) is 3.93. The number of aliphatic hydroxyl groups excluding tert-OH is 1. The van der Waals surface area contributed by atoms with Gasteiger partial charge in [0.15, 0.2) is 0 Å². The van der Waals surface area contributed by atoms with Crippen molar-refractivity contribution in [2.75, 3.05) is 0 Å². The van der Waals surface area contributed by atoms with E-state index in [0.717, 1.165) is 5.56 Å². The van der Waals surface area contributed by atoms with Gasteiger partial charge in [0.2, 0.25) is 0 Å². The minimum atomic E-state index is -0.677. The molecule has 1 aromatic heterocycles. The van der Waals surface area contributed by atoms with E-state index in [1.54, 1.807) is 19.2 Å². The summed E-state index contributed by atoms with van der Waals surface area (Å²) in [6, 6.07) is 1.49. The van der Waals surface area contributed by atoms with Crippen LogP contribution in [-0.4, -0.2) is 16.1 Å². The third-order valence-electron chi connectivity index (χ3n) is 1.88. The molecule has 0 radical (unpaired) electrons. The molecule has 3 nitrogen and oxygen atoms in total. The summed E-state index contributed by atoms with van der Waals surface area (Å²) in [6.45, 7) is 3.58. The van der Waals surface area contributed by atoms with Crippen molar-refractivity contribution >= 4 is 11.6 Å². The fourth-order valence-electron chi connectivity index (χ4n) is 1.05. The van der Waals surface area contributed by atoms with E-state index < -0.39 is 6.10 Å². The molecule has 0 amide bonds. The molecule has 0 bridgehead atoms. The maximum Gasteiger partial charge on any atom is 0.131 e. The van der Waals surface area contributed by atoms with Crippen molar-refractivity contribution in [1.29, 1.82) is 0 Å². The third kappa shape index (κ3) is 2.40. The minimum Gasteiger partial charge on any atom is -0.387 e. The van der Waals surface area contributed by atoms with E-state index in [9.17, 15) is 5.11 Å². The lowest BCUT2D eigenvalue weighted by Crippen LogP contribution is -2.24. The molecule has 4 heteroatoms. The van der Waals surface area contributed by atoms with E-state index in [1.807, 2.05) is 6.92 Å². The first-order chi connectivity index (χ1) is 6.02. The monoisotopic (exact) mass is 200 g/mol. The molecule has 1 aromatic rings. The van der Waals surface area contributed by atoms with Crippen LogP contribution in [-0.2, 0) is 0 Å². The second-order valence-corrected chi connectivity index (χ2v) is 3.54. The lowest BCUT2D eigenvalue weighted by molar-refractivity contribution is 0.153. The van der Waals surface area contributed by atoms with Gasteiger partial charge in [0.1, 0.15) is 5.15 Å². The van der Waals surface area contributed by atoms with Crippen molar-refractivity contribution < 1.29 is 5.11 Å². The Kier molecular flexibility index (Phi) is 3.25. The van der Waals surface area contributed by atoms with Crippen LogP contribution >= 0.6 is 11.6 Å². The number of aryl methyl sites for hydroxylation is 1. The molecule has 0 saturated carbocycles. The van der Waals surface area contributed by atoms with Gasteiger partial charge in [0.05, 0.1) is 6.10 Å². The van der Waals surface area contributed by atoms with E-state index in [2.05, 4.69) is 4.98 Å². The highest BCUT2D eigenvalue weighted by atomic mass is 35.5. The number of nitrogens with two attached hydrogens (primary N) is 1. The molecule has 0 aromatic carbocycles. The smallest absolute Gasteiger partial charge is 0.131 e. The molecule has 0 unspecified atom stereocenters. The zero-order valence-electron chi connectivity index (χ0n) is 7.66. The first kappa shape index (κ1) is 10.4. The number of halogens is 1. The minimum absolute atomic E-state index is 0.303. The zero-order chi connectivity index (χ0) is 10.0. The van der Waals surface area contributed by atoms with Crippen LogP contribution in [0, 0.1) is 6.92 Å². The first-order valence-corrected chi connectivity index (χ1v) is 4.46. The summed E-state index contributed by atoms with van der Waals surface area (Å²) in [5.74, 6) is 0. The number of nitrogens with zero attached hydrogens (tertiary/aromatic N) is 1. The molecule has 0 saturated heterocycles. The fraction of sp³-hybridized carbons (Fsp3) is 0.444. The maximum absolute atomic E-state index is 9.61. The third-order valence-corrected chi connectivity index (χ3v) is 2.27. The molecular weight excluding hydrogens is 188 g/mol. The Hall–Kier alpha value is -0.640. The van der Waals surface area contributed by atoms with Gasteiger partial charge in [-0.3, -0.25) is 0 Å². The summed E-state index contributed by atoms with van der Waals surface area (Å²) in [6.07, 6.45) is 0.868. The first-order valence-electron chi connectivity index (χ1n) is 4.08. The summed E-state index contributed by atoms with van der Waals surface area (Å²) in [7, 11) is 0. The largest absolute Gasteiger partial charge is 0.387 e. The van der Waals surface area contributed by atoms with Crippen molar-refractivity contribution in [3.63, 3.8) is 0 Å². The van der Waals surface area contributed by atoms with Crippen molar-refractivity contribution in [3.8, 4) is 0 Å². The molecular formula is C9H13ClN2O. The number of rotatable bonds is 2. The lowest BCUT2D eigenvalue weighted by atomic mass is 10.1. The molecule has 1 heterocycles. The van der Waals surface area contributed by atoms with Gasteiger partial charge in [0.25, 0.3) is 0 Å². The number of aliphatic hydroxyl groups is 1. The quantitative estimate of drug-likeness (QED) is 0.710. The molecule has 0 aliphatic rings. The van der Waals surface area contributed by atoms with E-state index in [0.29, 0.717) is 10.7 Å². The van der Waals surface area contributed by atoms with Crippen LogP contribution in [0.2, 0.25) is 5.15 Å². The highest BCUT2D eigenvalue weighted by Gasteiger charge is 2.13. The Bertz CT molecular complexity index is 302. The molecule has 2 atom stereocenters. The standard InChI is InChI=1S/C9H13ClN2O/c1-5-3-7(4-12-9(5)10)8(13)6(2)11/h3-4,6,8,13H,11H2,1-2H3/t6-,8-/m0/s1. The molecule has 3 N–H and O–H groups in total. The molecule has 0 spiro atoms. The van der Waals surface area contributed by atoms with Gasteiger partial charge in [-0.1, -0.05) is 11.6 Å². The van der Waals surface area contributed by atoms with Gasteiger partial charge < -0.3 is 10.8 Å². The topological polar surface area (TPSA) is 59.1 Å². The van der Waals surface area contributed by atoms with E-state index in [1.165, 1.54) is 0 Å². The van der Waals surface area contributed by atoms with Gasteiger partial charge >= 0.3 is 0 Å². The number of hydrogen-bond donors (Lipinski definition) is 2. The Morgan fingerprint density at radius 3 is 2.69 bits per heavy atom. The predicted molar refractivity (Wildman–Crippen MR) is 52.6 cm³/mol. The number of hydrogen-bond acceptors (Lipinski definition) is 3. The van der Waals surface area contributed by atoms with Crippen molar-refractivity contribution in [3.05, 3.63) is 28.5 Å². The average molecular weight is 201 g/mol. The zero-order valence-corrected chi connectivity index (χ0v) is 8.42. The lowest BCUT2D eigenvalue weighted by Gasteiger charge is -2.14. The molecule has 1 rings (SSSR count). The summed E-state index contributed by atoms with van der Waals surface area (Å²) < 4.78 is 0.